The van der Waals surface area contributed by atoms with Gasteiger partial charge in [0.15, 0.2) is 10.9 Å². The highest BCUT2D eigenvalue weighted by Crippen LogP contribution is 2.32. The number of nitro groups is 1. The van der Waals surface area contributed by atoms with Crippen molar-refractivity contribution in [1.82, 2.24) is 4.98 Å². The van der Waals surface area contributed by atoms with Crippen molar-refractivity contribution < 1.29 is 14.1 Å². The molecule has 144 valence electrons. The zero-order valence-corrected chi connectivity index (χ0v) is 15.7. The third-order valence-corrected chi connectivity index (χ3v) is 5.55. The van der Waals surface area contributed by atoms with Crippen LogP contribution in [0, 0.1) is 16.0 Å². The predicted octanol–water partition coefficient (Wildman–Crippen LogP) is 4.17. The number of furan rings is 1. The van der Waals surface area contributed by atoms with Crippen LogP contribution in [-0.4, -0.2) is 28.9 Å². The van der Waals surface area contributed by atoms with E-state index in [0.29, 0.717) is 48.2 Å². The van der Waals surface area contributed by atoms with E-state index in [1.165, 1.54) is 17.4 Å². The van der Waals surface area contributed by atoms with Crippen LogP contribution in [0.3, 0.4) is 0 Å². The van der Waals surface area contributed by atoms with E-state index < -0.39 is 0 Å². The normalized spacial score (nSPS) is 14.8. The average molecular weight is 398 g/mol. The van der Waals surface area contributed by atoms with Crippen LogP contribution in [-0.2, 0) is 4.79 Å². The molecule has 8 nitrogen and oxygen atoms in total. The molecule has 0 bridgehead atoms. The molecular weight excluding hydrogens is 380 g/mol. The van der Waals surface area contributed by atoms with Crippen molar-refractivity contribution in [2.45, 2.75) is 12.8 Å². The number of nitrogens with zero attached hydrogens (tertiary/aromatic N) is 3. The number of benzene rings is 1. The number of piperidine rings is 1. The summed E-state index contributed by atoms with van der Waals surface area (Å²) in [6.07, 6.45) is 2.85. The second-order valence-corrected chi connectivity index (χ2v) is 7.37. The lowest BCUT2D eigenvalue weighted by molar-refractivity contribution is -0.384. The van der Waals surface area contributed by atoms with Gasteiger partial charge in [-0.05, 0) is 31.0 Å². The quantitative estimate of drug-likeness (QED) is 0.511. The van der Waals surface area contributed by atoms with Crippen LogP contribution in [0.15, 0.2) is 52.5 Å². The highest BCUT2D eigenvalue weighted by Gasteiger charge is 2.28. The summed E-state index contributed by atoms with van der Waals surface area (Å²) in [5, 5.41) is 16.5. The number of nitro benzene ring substituents is 1. The first kappa shape index (κ1) is 18.2. The van der Waals surface area contributed by atoms with Crippen LogP contribution in [0.25, 0.3) is 11.5 Å². The van der Waals surface area contributed by atoms with Crippen molar-refractivity contribution in [2.24, 2.45) is 5.92 Å². The molecule has 0 spiro atoms. The van der Waals surface area contributed by atoms with Gasteiger partial charge in [-0.15, -0.1) is 11.3 Å². The minimum absolute atomic E-state index is 0.0671. The fraction of sp³-hybridized carbons (Fsp3) is 0.263. The minimum atomic E-state index is -0.368. The number of thiazole rings is 1. The molecule has 1 aliphatic heterocycles. The highest BCUT2D eigenvalue weighted by atomic mass is 32.1. The number of nitrogens with one attached hydrogen (secondary N) is 1. The van der Waals surface area contributed by atoms with E-state index in [4.69, 9.17) is 4.42 Å². The fourth-order valence-electron chi connectivity index (χ4n) is 3.34. The van der Waals surface area contributed by atoms with Gasteiger partial charge in [0, 0.05) is 30.5 Å². The smallest absolute Gasteiger partial charge is 0.292 e. The Kier molecular flexibility index (Phi) is 5.07. The number of anilines is 2. The van der Waals surface area contributed by atoms with Crippen molar-refractivity contribution >= 4 is 33.8 Å². The number of carbonyl (C=O) groups excluding carboxylic acids is 1. The molecule has 3 heterocycles. The van der Waals surface area contributed by atoms with Crippen molar-refractivity contribution in [1.29, 1.82) is 0 Å². The first-order valence-electron chi connectivity index (χ1n) is 8.90. The van der Waals surface area contributed by atoms with Crippen molar-refractivity contribution in [2.75, 3.05) is 23.3 Å². The minimum Gasteiger partial charge on any atom is -0.463 e. The van der Waals surface area contributed by atoms with Gasteiger partial charge < -0.3 is 14.6 Å². The molecule has 0 aliphatic carbocycles. The van der Waals surface area contributed by atoms with Gasteiger partial charge in [-0.3, -0.25) is 14.9 Å². The van der Waals surface area contributed by atoms with Crippen LogP contribution < -0.4 is 10.2 Å². The Morgan fingerprint density at radius 3 is 2.75 bits per heavy atom. The molecule has 0 radical (unpaired) electrons. The van der Waals surface area contributed by atoms with Crippen molar-refractivity contribution in [3.63, 3.8) is 0 Å². The van der Waals surface area contributed by atoms with E-state index in [1.54, 1.807) is 30.5 Å². The van der Waals surface area contributed by atoms with Gasteiger partial charge in [0.1, 0.15) is 11.4 Å². The molecule has 1 amide bonds. The number of carbonyl (C=O) groups is 1. The van der Waals surface area contributed by atoms with Gasteiger partial charge in [0.2, 0.25) is 5.91 Å². The summed E-state index contributed by atoms with van der Waals surface area (Å²) in [4.78, 5) is 29.8. The molecule has 1 aliphatic rings. The van der Waals surface area contributed by atoms with Gasteiger partial charge in [-0.25, -0.2) is 4.98 Å². The number of amides is 1. The van der Waals surface area contributed by atoms with Gasteiger partial charge in [-0.1, -0.05) is 12.1 Å². The summed E-state index contributed by atoms with van der Waals surface area (Å²) >= 11 is 1.35. The summed E-state index contributed by atoms with van der Waals surface area (Å²) in [6, 6.07) is 10.3. The van der Waals surface area contributed by atoms with Crippen LogP contribution in [0.1, 0.15) is 12.8 Å². The summed E-state index contributed by atoms with van der Waals surface area (Å²) in [6.45, 7) is 1.19. The number of hydrogen-bond acceptors (Lipinski definition) is 7. The number of para-hydroxylation sites is 2. The lowest BCUT2D eigenvalue weighted by atomic mass is 9.95. The molecule has 1 saturated heterocycles. The van der Waals surface area contributed by atoms with Gasteiger partial charge >= 0.3 is 0 Å². The van der Waals surface area contributed by atoms with Gasteiger partial charge in [0.05, 0.1) is 11.2 Å². The summed E-state index contributed by atoms with van der Waals surface area (Å²) in [5.41, 5.74) is 1.39. The molecule has 3 aromatic rings. The number of rotatable bonds is 5. The van der Waals surface area contributed by atoms with Crippen LogP contribution >= 0.6 is 11.3 Å². The maximum atomic E-state index is 12.6. The van der Waals surface area contributed by atoms with Crippen LogP contribution in [0.2, 0.25) is 0 Å². The highest BCUT2D eigenvalue weighted by molar-refractivity contribution is 7.14. The molecule has 0 unspecified atom stereocenters. The zero-order valence-electron chi connectivity index (χ0n) is 14.9. The van der Waals surface area contributed by atoms with E-state index in [2.05, 4.69) is 10.3 Å². The van der Waals surface area contributed by atoms with Crippen molar-refractivity contribution in [3.8, 4) is 11.5 Å². The molecule has 28 heavy (non-hydrogen) atoms. The Labute approximate surface area is 165 Å². The monoisotopic (exact) mass is 398 g/mol. The number of aromatic nitrogens is 1. The number of hydrogen-bond donors (Lipinski definition) is 1. The van der Waals surface area contributed by atoms with Gasteiger partial charge in [-0.2, -0.15) is 0 Å². The Morgan fingerprint density at radius 1 is 1.25 bits per heavy atom. The second kappa shape index (κ2) is 7.81. The molecule has 1 N–H and O–H groups in total. The summed E-state index contributed by atoms with van der Waals surface area (Å²) in [7, 11) is 0. The Hall–Kier alpha value is -3.20. The first-order valence-corrected chi connectivity index (χ1v) is 9.78. The molecule has 4 rings (SSSR count). The Bertz CT molecular complexity index is 978. The van der Waals surface area contributed by atoms with E-state index in [-0.39, 0.29) is 22.4 Å². The molecule has 1 fully saturated rings. The molecule has 0 saturated carbocycles. The Balaban J connectivity index is 1.36. The predicted molar refractivity (Wildman–Crippen MR) is 106 cm³/mol. The van der Waals surface area contributed by atoms with E-state index >= 15 is 0 Å². The fourth-order valence-corrected chi connectivity index (χ4v) is 4.05. The van der Waals surface area contributed by atoms with E-state index in [9.17, 15) is 14.9 Å². The first-order chi connectivity index (χ1) is 13.6. The molecular formula is C19H18N4O4S. The van der Waals surface area contributed by atoms with Gasteiger partial charge in [0.25, 0.3) is 5.69 Å². The van der Waals surface area contributed by atoms with Crippen LogP contribution in [0.5, 0.6) is 0 Å². The van der Waals surface area contributed by atoms with Crippen molar-refractivity contribution in [3.05, 3.63) is 58.2 Å². The second-order valence-electron chi connectivity index (χ2n) is 6.51. The molecule has 2 aromatic heterocycles. The largest absolute Gasteiger partial charge is 0.463 e. The maximum Gasteiger partial charge on any atom is 0.292 e. The molecule has 0 atom stereocenters. The Morgan fingerprint density at radius 2 is 2.04 bits per heavy atom. The lowest BCUT2D eigenvalue weighted by Crippen LogP contribution is -2.38. The molecule has 9 heteroatoms. The maximum absolute atomic E-state index is 12.6. The van der Waals surface area contributed by atoms with E-state index in [0.717, 1.165) is 0 Å². The standard InChI is InChI=1S/C19H18N4O4S/c24-18(21-19-20-14(12-28-19)17-6-3-11-27-17)13-7-9-22(10-8-13)15-4-1-2-5-16(15)23(25)26/h1-6,11-13H,7-10H2,(H,20,21,24). The summed E-state index contributed by atoms with van der Waals surface area (Å²) < 4.78 is 5.31. The van der Waals surface area contributed by atoms with Crippen LogP contribution in [0.4, 0.5) is 16.5 Å². The topological polar surface area (TPSA) is 102 Å². The zero-order chi connectivity index (χ0) is 19.5. The summed E-state index contributed by atoms with van der Waals surface area (Å²) in [5.74, 6) is 0.451. The SMILES string of the molecule is O=C(Nc1nc(-c2ccco2)cs1)C1CCN(c2ccccc2[N+](=O)[O-])CC1. The molecule has 1 aromatic carbocycles. The lowest BCUT2D eigenvalue weighted by Gasteiger charge is -2.32. The third kappa shape index (κ3) is 3.74. The van der Waals surface area contributed by atoms with E-state index in [1.807, 2.05) is 16.3 Å². The third-order valence-electron chi connectivity index (χ3n) is 4.79. The average Bonchev–Trinajstić information content (AvgIpc) is 3.40.